The molecule has 0 saturated carbocycles. The Hall–Kier alpha value is -2.64. The molecule has 3 rings (SSSR count). The van der Waals surface area contributed by atoms with Crippen LogP contribution in [0.25, 0.3) is 10.9 Å². The number of benzene rings is 1. The zero-order valence-corrected chi connectivity index (χ0v) is 15.4. The molecule has 1 aromatic carbocycles. The van der Waals surface area contributed by atoms with Gasteiger partial charge in [-0.2, -0.15) is 0 Å². The first kappa shape index (κ1) is 19.1. The Morgan fingerprint density at radius 1 is 1.30 bits per heavy atom. The van der Waals surface area contributed by atoms with Gasteiger partial charge in [-0.1, -0.05) is 18.2 Å². The molecule has 7 nitrogen and oxygen atoms in total. The first-order chi connectivity index (χ1) is 13.2. The lowest BCUT2D eigenvalue weighted by Crippen LogP contribution is -2.48. The van der Waals surface area contributed by atoms with Crippen LogP contribution in [0.15, 0.2) is 43.1 Å². The molecule has 1 aliphatic rings. The number of ether oxygens (including phenoxy) is 1. The minimum Gasteiger partial charge on any atom is -0.506 e. The summed E-state index contributed by atoms with van der Waals surface area (Å²) in [7, 11) is 0. The van der Waals surface area contributed by atoms with Crippen molar-refractivity contribution >= 4 is 17.0 Å². The fraction of sp³-hybridized carbons (Fsp3) is 0.400. The number of aromatic hydroxyl groups is 1. The zero-order chi connectivity index (χ0) is 19.1. The van der Waals surface area contributed by atoms with Gasteiger partial charge in [0.05, 0.1) is 0 Å². The van der Waals surface area contributed by atoms with E-state index in [0.717, 1.165) is 30.6 Å². The van der Waals surface area contributed by atoms with E-state index in [2.05, 4.69) is 21.8 Å². The third-order valence-corrected chi connectivity index (χ3v) is 4.66. The number of carbonyl (C=O) groups is 1. The van der Waals surface area contributed by atoms with E-state index < -0.39 is 0 Å². The molecule has 1 aromatic heterocycles. The highest BCUT2D eigenvalue weighted by Crippen LogP contribution is 2.26. The third kappa shape index (κ3) is 4.96. The summed E-state index contributed by atoms with van der Waals surface area (Å²) < 4.78 is 5.29. The van der Waals surface area contributed by atoms with Crippen LogP contribution in [0.1, 0.15) is 5.56 Å². The molecule has 1 aliphatic heterocycles. The molecule has 144 valence electrons. The number of amides is 1. The van der Waals surface area contributed by atoms with Crippen LogP contribution >= 0.6 is 0 Å². The van der Waals surface area contributed by atoms with Gasteiger partial charge in [-0.15, -0.1) is 6.58 Å². The first-order valence-electron chi connectivity index (χ1n) is 9.20. The average Bonchev–Trinajstić information content (AvgIpc) is 2.70. The van der Waals surface area contributed by atoms with Crippen LogP contribution in [0.2, 0.25) is 0 Å². The molecule has 2 heterocycles. The predicted molar refractivity (Wildman–Crippen MR) is 105 cm³/mol. The van der Waals surface area contributed by atoms with Gasteiger partial charge in [0.15, 0.2) is 0 Å². The van der Waals surface area contributed by atoms with Gasteiger partial charge in [0.2, 0.25) is 0 Å². The number of nitrogens with zero attached hydrogens (tertiary/aromatic N) is 3. The molecule has 2 N–H and O–H groups in total. The number of pyridine rings is 1. The summed E-state index contributed by atoms with van der Waals surface area (Å²) >= 11 is 0. The van der Waals surface area contributed by atoms with Gasteiger partial charge in [0.1, 0.15) is 17.9 Å². The molecule has 1 saturated heterocycles. The second kappa shape index (κ2) is 9.34. The van der Waals surface area contributed by atoms with E-state index in [9.17, 15) is 9.90 Å². The molecule has 0 unspecified atom stereocenters. The Labute approximate surface area is 159 Å². The van der Waals surface area contributed by atoms with E-state index in [1.54, 1.807) is 23.2 Å². The number of nitrogens with one attached hydrogen (secondary N) is 1. The van der Waals surface area contributed by atoms with Gasteiger partial charge in [-0.25, -0.2) is 4.79 Å². The summed E-state index contributed by atoms with van der Waals surface area (Å²) in [4.78, 5) is 20.4. The van der Waals surface area contributed by atoms with E-state index in [1.807, 2.05) is 18.2 Å². The van der Waals surface area contributed by atoms with Gasteiger partial charge in [0.25, 0.3) is 0 Å². The average molecular weight is 370 g/mol. The number of rotatable bonds is 7. The number of piperazine rings is 1. The summed E-state index contributed by atoms with van der Waals surface area (Å²) in [6, 6.07) is 7.49. The van der Waals surface area contributed by atoms with E-state index in [4.69, 9.17) is 4.74 Å². The molecule has 1 fully saturated rings. The van der Waals surface area contributed by atoms with Crippen LogP contribution in [0, 0.1) is 0 Å². The van der Waals surface area contributed by atoms with Gasteiger partial charge >= 0.3 is 6.09 Å². The van der Waals surface area contributed by atoms with Crippen molar-refractivity contribution in [3.63, 3.8) is 0 Å². The van der Waals surface area contributed by atoms with Gasteiger partial charge in [-0.3, -0.25) is 9.88 Å². The summed E-state index contributed by atoms with van der Waals surface area (Å²) in [5.41, 5.74) is 1.75. The highest BCUT2D eigenvalue weighted by Gasteiger charge is 2.22. The molecule has 0 aliphatic carbocycles. The van der Waals surface area contributed by atoms with Crippen molar-refractivity contribution in [3.8, 4) is 5.75 Å². The summed E-state index contributed by atoms with van der Waals surface area (Å²) in [6.45, 7) is 8.94. The smallest absolute Gasteiger partial charge is 0.409 e. The molecular formula is C20H26N4O3. The summed E-state index contributed by atoms with van der Waals surface area (Å²) in [5, 5.41) is 14.0. The molecule has 0 radical (unpaired) electrons. The molecule has 2 aromatic rings. The highest BCUT2D eigenvalue weighted by atomic mass is 16.6. The Balaban J connectivity index is 1.49. The molecule has 27 heavy (non-hydrogen) atoms. The van der Waals surface area contributed by atoms with Crippen LogP contribution in [0.4, 0.5) is 4.79 Å². The summed E-state index contributed by atoms with van der Waals surface area (Å²) in [5.74, 6) is 0.199. The molecular weight excluding hydrogens is 344 g/mol. The lowest BCUT2D eigenvalue weighted by atomic mass is 10.1. The number of fused-ring (bicyclic) bond motifs is 1. The van der Waals surface area contributed by atoms with Crippen molar-refractivity contribution in [3.05, 3.63) is 48.7 Å². The minimum atomic E-state index is -0.255. The largest absolute Gasteiger partial charge is 0.506 e. The topological polar surface area (TPSA) is 77.9 Å². The Morgan fingerprint density at radius 2 is 2.11 bits per heavy atom. The lowest BCUT2D eigenvalue weighted by Gasteiger charge is -2.34. The van der Waals surface area contributed by atoms with Crippen LogP contribution in [-0.4, -0.2) is 71.9 Å². The highest BCUT2D eigenvalue weighted by molar-refractivity contribution is 5.87. The van der Waals surface area contributed by atoms with Gasteiger partial charge < -0.3 is 20.1 Å². The fourth-order valence-corrected chi connectivity index (χ4v) is 3.19. The SMILES string of the molecule is C=CCNCCOC(=O)N1CCN(Cc2ccc(O)c3ncccc23)CC1. The van der Waals surface area contributed by atoms with Crippen molar-refractivity contribution in [1.82, 2.24) is 20.1 Å². The van der Waals surface area contributed by atoms with Crippen molar-refractivity contribution in [2.75, 3.05) is 45.9 Å². The number of phenolic OH excluding ortho intramolecular Hbond substituents is 1. The van der Waals surface area contributed by atoms with Gasteiger partial charge in [0, 0.05) is 57.4 Å². The zero-order valence-electron chi connectivity index (χ0n) is 15.4. The second-order valence-corrected chi connectivity index (χ2v) is 6.51. The maximum absolute atomic E-state index is 12.1. The number of carbonyl (C=O) groups excluding carboxylic acids is 1. The number of hydrogen-bond donors (Lipinski definition) is 2. The maximum atomic E-state index is 12.1. The number of hydrogen-bond acceptors (Lipinski definition) is 6. The molecule has 1 amide bonds. The van der Waals surface area contributed by atoms with Crippen LogP contribution in [0.5, 0.6) is 5.75 Å². The van der Waals surface area contributed by atoms with Crippen LogP contribution in [0.3, 0.4) is 0 Å². The van der Waals surface area contributed by atoms with Crippen LogP contribution in [-0.2, 0) is 11.3 Å². The lowest BCUT2D eigenvalue weighted by molar-refractivity contribution is 0.0753. The number of phenols is 1. The van der Waals surface area contributed by atoms with Crippen molar-refractivity contribution < 1.29 is 14.6 Å². The van der Waals surface area contributed by atoms with E-state index >= 15 is 0 Å². The second-order valence-electron chi connectivity index (χ2n) is 6.51. The first-order valence-corrected chi connectivity index (χ1v) is 9.20. The molecule has 0 spiro atoms. The Morgan fingerprint density at radius 3 is 2.89 bits per heavy atom. The van der Waals surface area contributed by atoms with Crippen molar-refractivity contribution in [2.24, 2.45) is 0 Å². The number of aromatic nitrogens is 1. The Bertz CT molecular complexity index is 788. The van der Waals surface area contributed by atoms with E-state index in [-0.39, 0.29) is 11.8 Å². The van der Waals surface area contributed by atoms with Crippen molar-refractivity contribution in [1.29, 1.82) is 0 Å². The monoisotopic (exact) mass is 370 g/mol. The van der Waals surface area contributed by atoms with E-state index in [1.165, 1.54) is 0 Å². The predicted octanol–water partition coefficient (Wildman–Crippen LogP) is 1.97. The minimum absolute atomic E-state index is 0.199. The third-order valence-electron chi connectivity index (χ3n) is 4.66. The van der Waals surface area contributed by atoms with Crippen molar-refractivity contribution in [2.45, 2.75) is 6.54 Å². The quantitative estimate of drug-likeness (QED) is 0.573. The normalized spacial score (nSPS) is 15.0. The molecule has 0 bridgehead atoms. The van der Waals surface area contributed by atoms with E-state index in [0.29, 0.717) is 38.3 Å². The maximum Gasteiger partial charge on any atom is 0.409 e. The molecule has 7 heteroatoms. The van der Waals surface area contributed by atoms with Gasteiger partial charge in [-0.05, 0) is 17.7 Å². The van der Waals surface area contributed by atoms with Crippen LogP contribution < -0.4 is 5.32 Å². The molecule has 0 atom stereocenters. The fourth-order valence-electron chi connectivity index (χ4n) is 3.19. The standard InChI is InChI=1S/C20H26N4O3/c1-2-7-21-9-14-27-20(26)24-12-10-23(11-13-24)15-16-5-6-18(25)19-17(16)4-3-8-22-19/h2-6,8,21,25H,1,7,9-15H2. The Kier molecular flexibility index (Phi) is 6.62. The summed E-state index contributed by atoms with van der Waals surface area (Å²) in [6.07, 6.45) is 3.20.